The lowest BCUT2D eigenvalue weighted by molar-refractivity contribution is 0.0925. The zero-order chi connectivity index (χ0) is 18.6. The summed E-state index contributed by atoms with van der Waals surface area (Å²) in [5.74, 6) is -1.65. The van der Waals surface area contributed by atoms with Crippen LogP contribution in [0.4, 0.5) is 4.39 Å². The van der Waals surface area contributed by atoms with Crippen molar-refractivity contribution in [1.29, 1.82) is 0 Å². The average Bonchev–Trinajstić information content (AvgIpc) is 2.54. The van der Waals surface area contributed by atoms with E-state index in [4.69, 9.17) is 5.14 Å². The maximum atomic E-state index is 14.0. The molecule has 0 saturated carbocycles. The van der Waals surface area contributed by atoms with Gasteiger partial charge in [0.25, 0.3) is 5.91 Å². The molecule has 134 valence electrons. The minimum absolute atomic E-state index is 0.182. The molecule has 0 aliphatic carbocycles. The number of benzene rings is 2. The first kappa shape index (κ1) is 19.0. The van der Waals surface area contributed by atoms with Gasteiger partial charge in [0, 0.05) is 6.61 Å². The van der Waals surface area contributed by atoms with Crippen LogP contribution in [-0.4, -0.2) is 26.0 Å². The number of nitrogens with one attached hydrogen (secondary N) is 1. The van der Waals surface area contributed by atoms with E-state index in [9.17, 15) is 22.7 Å². The molecule has 0 aromatic heterocycles. The molecule has 8 heteroatoms. The second kappa shape index (κ2) is 7.73. The number of sulfonamides is 1. The Morgan fingerprint density at radius 3 is 2.44 bits per heavy atom. The highest BCUT2D eigenvalue weighted by Crippen LogP contribution is 2.20. The topological polar surface area (TPSA) is 109 Å². The van der Waals surface area contributed by atoms with Gasteiger partial charge in [-0.05, 0) is 37.1 Å². The van der Waals surface area contributed by atoms with Crippen LogP contribution in [0.5, 0.6) is 0 Å². The van der Waals surface area contributed by atoms with E-state index in [1.807, 2.05) is 19.1 Å². The number of rotatable bonds is 6. The van der Waals surface area contributed by atoms with E-state index >= 15 is 0 Å². The predicted octanol–water partition coefficient (Wildman–Crippen LogP) is 1.64. The Hall–Kier alpha value is -2.29. The third-order valence-corrected chi connectivity index (χ3v) is 4.62. The summed E-state index contributed by atoms with van der Waals surface area (Å²) in [6.07, 6.45) is 0.227. The van der Waals surface area contributed by atoms with Gasteiger partial charge < -0.3 is 10.4 Å². The smallest absolute Gasteiger partial charge is 0.254 e. The lowest BCUT2D eigenvalue weighted by Crippen LogP contribution is -2.30. The quantitative estimate of drug-likeness (QED) is 0.722. The number of halogens is 1. The van der Waals surface area contributed by atoms with Crippen molar-refractivity contribution in [2.45, 2.75) is 24.3 Å². The number of aryl methyl sites for hydroxylation is 1. The zero-order valence-corrected chi connectivity index (χ0v) is 14.4. The van der Waals surface area contributed by atoms with Crippen LogP contribution in [0.1, 0.15) is 33.9 Å². The van der Waals surface area contributed by atoms with Gasteiger partial charge in [0.05, 0.1) is 16.5 Å². The second-order valence-electron chi connectivity index (χ2n) is 5.64. The normalized spacial score (nSPS) is 12.6. The van der Waals surface area contributed by atoms with Crippen molar-refractivity contribution in [3.8, 4) is 0 Å². The monoisotopic (exact) mass is 366 g/mol. The minimum atomic E-state index is -4.06. The Labute approximate surface area is 145 Å². The molecule has 0 heterocycles. The Morgan fingerprint density at radius 2 is 1.88 bits per heavy atom. The largest absolute Gasteiger partial charge is 0.396 e. The predicted molar refractivity (Wildman–Crippen MR) is 90.9 cm³/mol. The molecule has 0 spiro atoms. The van der Waals surface area contributed by atoms with Crippen LogP contribution in [0.25, 0.3) is 0 Å². The molecule has 2 rings (SSSR count). The van der Waals surface area contributed by atoms with Gasteiger partial charge in [-0.15, -0.1) is 0 Å². The zero-order valence-electron chi connectivity index (χ0n) is 13.6. The van der Waals surface area contributed by atoms with E-state index in [-0.39, 0.29) is 17.9 Å². The summed E-state index contributed by atoms with van der Waals surface area (Å²) in [5, 5.41) is 16.9. The lowest BCUT2D eigenvalue weighted by Gasteiger charge is -2.19. The van der Waals surface area contributed by atoms with Gasteiger partial charge in [0.2, 0.25) is 10.0 Å². The summed E-state index contributed by atoms with van der Waals surface area (Å²) in [4.78, 5) is 12.0. The molecule has 0 bridgehead atoms. The highest BCUT2D eigenvalue weighted by molar-refractivity contribution is 7.89. The average molecular weight is 366 g/mol. The van der Waals surface area contributed by atoms with E-state index in [1.165, 1.54) is 0 Å². The molecule has 4 N–H and O–H groups in total. The van der Waals surface area contributed by atoms with E-state index in [2.05, 4.69) is 5.32 Å². The Balaban J connectivity index is 2.31. The summed E-state index contributed by atoms with van der Waals surface area (Å²) in [7, 11) is -4.06. The van der Waals surface area contributed by atoms with Gasteiger partial charge in [0.15, 0.2) is 0 Å². The number of aliphatic hydroxyl groups excluding tert-OH is 1. The fourth-order valence-electron chi connectivity index (χ4n) is 2.34. The van der Waals surface area contributed by atoms with Gasteiger partial charge in [-0.1, -0.05) is 29.8 Å². The molecule has 0 saturated heterocycles. The van der Waals surface area contributed by atoms with Gasteiger partial charge >= 0.3 is 0 Å². The van der Waals surface area contributed by atoms with Crippen molar-refractivity contribution in [2.75, 3.05) is 6.61 Å². The van der Waals surface area contributed by atoms with E-state index in [1.54, 1.807) is 12.1 Å². The molecule has 0 aliphatic heterocycles. The molecular weight excluding hydrogens is 347 g/mol. The van der Waals surface area contributed by atoms with Gasteiger partial charge in [-0.3, -0.25) is 4.79 Å². The molecule has 0 fully saturated rings. The van der Waals surface area contributed by atoms with Gasteiger partial charge in [-0.25, -0.2) is 17.9 Å². The van der Waals surface area contributed by atoms with Crippen LogP contribution in [-0.2, 0) is 10.0 Å². The van der Waals surface area contributed by atoms with Gasteiger partial charge in [0.1, 0.15) is 5.82 Å². The first-order valence-electron chi connectivity index (χ1n) is 7.53. The Morgan fingerprint density at radius 1 is 1.24 bits per heavy atom. The van der Waals surface area contributed by atoms with Crippen LogP contribution in [0.3, 0.4) is 0 Å². The Kier molecular flexibility index (Phi) is 5.89. The molecule has 0 aliphatic rings. The fraction of sp³-hybridized carbons (Fsp3) is 0.235. The van der Waals surface area contributed by atoms with Crippen molar-refractivity contribution < 1.29 is 22.7 Å². The molecule has 6 nitrogen and oxygen atoms in total. The molecule has 25 heavy (non-hydrogen) atoms. The van der Waals surface area contributed by atoms with E-state index in [0.717, 1.165) is 29.3 Å². The standard InChI is InChI=1S/C17H19FN2O4S/c1-11-2-4-12(5-3-11)16(8-9-21)20-17(22)14-10-13(25(19,23)24)6-7-15(14)18/h2-7,10,16,21H,8-9H2,1H3,(H,20,22)(H2,19,23,24)/t16-/m0/s1. The summed E-state index contributed by atoms with van der Waals surface area (Å²) >= 11 is 0. The van der Waals surface area contributed by atoms with Crippen molar-refractivity contribution >= 4 is 15.9 Å². The summed E-state index contributed by atoms with van der Waals surface area (Å²) in [6, 6.07) is 9.53. The van der Waals surface area contributed by atoms with E-state index in [0.29, 0.717) is 0 Å². The molecule has 1 atom stereocenters. The van der Waals surface area contributed by atoms with Crippen LogP contribution in [0.15, 0.2) is 47.4 Å². The number of hydrogen-bond donors (Lipinski definition) is 3. The maximum Gasteiger partial charge on any atom is 0.254 e. The molecule has 1 amide bonds. The van der Waals surface area contributed by atoms with Crippen molar-refractivity contribution in [1.82, 2.24) is 5.32 Å². The number of hydrogen-bond acceptors (Lipinski definition) is 4. The maximum absolute atomic E-state index is 14.0. The molecular formula is C17H19FN2O4S. The van der Waals surface area contributed by atoms with Crippen LogP contribution in [0.2, 0.25) is 0 Å². The van der Waals surface area contributed by atoms with Crippen LogP contribution < -0.4 is 10.5 Å². The highest BCUT2D eigenvalue weighted by atomic mass is 32.2. The summed E-state index contributed by atoms with van der Waals surface area (Å²) in [6.45, 7) is 1.73. The number of aliphatic hydroxyl groups is 1. The minimum Gasteiger partial charge on any atom is -0.396 e. The fourth-order valence-corrected chi connectivity index (χ4v) is 2.88. The van der Waals surface area contributed by atoms with Crippen LogP contribution >= 0.6 is 0 Å². The van der Waals surface area contributed by atoms with Crippen molar-refractivity contribution in [2.24, 2.45) is 5.14 Å². The first-order valence-corrected chi connectivity index (χ1v) is 9.07. The third kappa shape index (κ3) is 4.85. The van der Waals surface area contributed by atoms with Crippen molar-refractivity contribution in [3.05, 3.63) is 65.0 Å². The van der Waals surface area contributed by atoms with Crippen LogP contribution in [0, 0.1) is 12.7 Å². The third-order valence-electron chi connectivity index (χ3n) is 3.71. The molecule has 0 radical (unpaired) electrons. The molecule has 0 unspecified atom stereocenters. The number of carbonyl (C=O) groups is 1. The number of carbonyl (C=O) groups excluding carboxylic acids is 1. The van der Waals surface area contributed by atoms with Crippen molar-refractivity contribution in [3.63, 3.8) is 0 Å². The number of primary sulfonamides is 1. The number of amides is 1. The summed E-state index contributed by atoms with van der Waals surface area (Å²) < 4.78 is 36.7. The molecule has 2 aromatic rings. The SMILES string of the molecule is Cc1ccc([C@H](CCO)NC(=O)c2cc(S(N)(=O)=O)ccc2F)cc1. The summed E-state index contributed by atoms with van der Waals surface area (Å²) in [5.41, 5.74) is 1.35. The van der Waals surface area contributed by atoms with Gasteiger partial charge in [-0.2, -0.15) is 0 Å². The highest BCUT2D eigenvalue weighted by Gasteiger charge is 2.20. The Bertz CT molecular complexity index is 867. The second-order valence-corrected chi connectivity index (χ2v) is 7.20. The lowest BCUT2D eigenvalue weighted by atomic mass is 10.0. The molecule has 2 aromatic carbocycles. The first-order chi connectivity index (χ1) is 11.7. The van der Waals surface area contributed by atoms with E-state index < -0.39 is 33.4 Å². The number of nitrogens with two attached hydrogens (primary N) is 1.